The normalized spacial score (nSPS) is 22.6. The van der Waals surface area contributed by atoms with E-state index in [4.69, 9.17) is 0 Å². The van der Waals surface area contributed by atoms with E-state index in [9.17, 15) is 21.6 Å². The first kappa shape index (κ1) is 15.7. The van der Waals surface area contributed by atoms with Gasteiger partial charge in [-0.15, -0.1) is 0 Å². The van der Waals surface area contributed by atoms with Crippen molar-refractivity contribution in [1.29, 1.82) is 0 Å². The molecule has 8 heteroatoms. The van der Waals surface area contributed by atoms with Crippen LogP contribution in [-0.4, -0.2) is 51.3 Å². The second kappa shape index (κ2) is 6.21. The molecule has 1 rings (SSSR count). The molecule has 0 bridgehead atoms. The molecule has 0 aromatic carbocycles. The Kier molecular flexibility index (Phi) is 5.42. The van der Waals surface area contributed by atoms with Crippen LogP contribution in [0.25, 0.3) is 0 Å². The lowest BCUT2D eigenvalue weighted by Gasteiger charge is -2.16. The van der Waals surface area contributed by atoms with Crippen LogP contribution in [0.3, 0.4) is 0 Å². The minimum Gasteiger partial charge on any atom is -0.319 e. The number of rotatable bonds is 6. The van der Waals surface area contributed by atoms with E-state index in [1.807, 2.05) is 0 Å². The molecule has 0 unspecified atom stereocenters. The number of sulfonamides is 1. The van der Waals surface area contributed by atoms with Gasteiger partial charge in [0.25, 0.3) is 0 Å². The molecule has 0 spiro atoms. The first-order chi connectivity index (χ1) is 8.24. The van der Waals surface area contributed by atoms with Crippen molar-refractivity contribution < 1.29 is 21.6 Å². The van der Waals surface area contributed by atoms with Gasteiger partial charge in [-0.25, -0.2) is 12.7 Å². The van der Waals surface area contributed by atoms with E-state index in [0.717, 1.165) is 13.0 Å². The number of halogens is 3. The third-order valence-electron chi connectivity index (χ3n) is 3.00. The molecule has 0 saturated carbocycles. The third kappa shape index (κ3) is 5.11. The highest BCUT2D eigenvalue weighted by Crippen LogP contribution is 2.24. The Balaban J connectivity index is 2.40. The van der Waals surface area contributed by atoms with Gasteiger partial charge in [-0.05, 0) is 32.4 Å². The van der Waals surface area contributed by atoms with Gasteiger partial charge < -0.3 is 5.32 Å². The van der Waals surface area contributed by atoms with Gasteiger partial charge in [-0.2, -0.15) is 13.2 Å². The van der Waals surface area contributed by atoms with Crippen LogP contribution in [0.1, 0.15) is 19.3 Å². The summed E-state index contributed by atoms with van der Waals surface area (Å²) in [4.78, 5) is 0. The summed E-state index contributed by atoms with van der Waals surface area (Å²) in [5.41, 5.74) is 0. The highest BCUT2D eigenvalue weighted by atomic mass is 32.2. The number of nitrogens with zero attached hydrogens (tertiary/aromatic N) is 1. The maximum absolute atomic E-state index is 12.0. The minimum atomic E-state index is -4.28. The van der Waals surface area contributed by atoms with Gasteiger partial charge >= 0.3 is 6.18 Å². The van der Waals surface area contributed by atoms with Crippen molar-refractivity contribution in [3.63, 3.8) is 0 Å². The summed E-state index contributed by atoms with van der Waals surface area (Å²) in [5, 5.41) is 2.97. The van der Waals surface area contributed by atoms with Gasteiger partial charge in [0.05, 0.1) is 5.75 Å². The molecule has 1 saturated heterocycles. The molecule has 1 aliphatic heterocycles. The fraction of sp³-hybridized carbons (Fsp3) is 1.00. The Morgan fingerprint density at radius 2 is 2.06 bits per heavy atom. The minimum absolute atomic E-state index is 0.257. The SMILES string of the molecule is CNC[C@@H]1CCN(S(=O)(=O)CCCC(F)(F)F)C1. The first-order valence-electron chi connectivity index (χ1n) is 5.94. The van der Waals surface area contributed by atoms with Crippen LogP contribution in [0.5, 0.6) is 0 Å². The fourth-order valence-corrected chi connectivity index (χ4v) is 3.68. The van der Waals surface area contributed by atoms with E-state index in [1.54, 1.807) is 7.05 Å². The second-order valence-electron chi connectivity index (χ2n) is 4.61. The van der Waals surface area contributed by atoms with Gasteiger partial charge in [0.2, 0.25) is 10.0 Å². The number of alkyl halides is 3. The van der Waals surface area contributed by atoms with Crippen molar-refractivity contribution in [3.05, 3.63) is 0 Å². The molecule has 1 fully saturated rings. The quantitative estimate of drug-likeness (QED) is 0.799. The van der Waals surface area contributed by atoms with Crippen LogP contribution >= 0.6 is 0 Å². The van der Waals surface area contributed by atoms with Gasteiger partial charge in [0.15, 0.2) is 0 Å². The van der Waals surface area contributed by atoms with Crippen molar-refractivity contribution in [2.24, 2.45) is 5.92 Å². The first-order valence-corrected chi connectivity index (χ1v) is 7.55. The zero-order valence-electron chi connectivity index (χ0n) is 10.3. The smallest absolute Gasteiger partial charge is 0.319 e. The largest absolute Gasteiger partial charge is 0.389 e. The number of hydrogen-bond acceptors (Lipinski definition) is 3. The molecule has 0 aliphatic carbocycles. The molecular weight excluding hydrogens is 269 g/mol. The average molecular weight is 288 g/mol. The third-order valence-corrected chi connectivity index (χ3v) is 4.92. The Morgan fingerprint density at radius 1 is 1.39 bits per heavy atom. The van der Waals surface area contributed by atoms with Crippen molar-refractivity contribution in [3.8, 4) is 0 Å². The van der Waals surface area contributed by atoms with Crippen LogP contribution in [0, 0.1) is 5.92 Å². The highest BCUT2D eigenvalue weighted by Gasteiger charge is 2.32. The van der Waals surface area contributed by atoms with Crippen LogP contribution in [0.2, 0.25) is 0 Å². The van der Waals surface area contributed by atoms with Gasteiger partial charge in [0, 0.05) is 19.5 Å². The summed E-state index contributed by atoms with van der Waals surface area (Å²) in [6, 6.07) is 0. The molecular formula is C10H19F3N2O2S. The molecule has 1 heterocycles. The summed E-state index contributed by atoms with van der Waals surface area (Å²) in [7, 11) is -1.74. The molecule has 0 radical (unpaired) electrons. The van der Waals surface area contributed by atoms with Gasteiger partial charge in [-0.1, -0.05) is 0 Å². The lowest BCUT2D eigenvalue weighted by atomic mass is 10.1. The molecule has 1 aliphatic rings. The van der Waals surface area contributed by atoms with Crippen molar-refractivity contribution >= 4 is 10.0 Å². The Labute approximate surface area is 106 Å². The van der Waals surface area contributed by atoms with E-state index in [2.05, 4.69) is 5.32 Å². The van der Waals surface area contributed by atoms with E-state index >= 15 is 0 Å². The maximum Gasteiger partial charge on any atom is 0.389 e. The predicted octanol–water partition coefficient (Wildman–Crippen LogP) is 1.20. The lowest BCUT2D eigenvalue weighted by Crippen LogP contribution is -2.32. The number of hydrogen-bond donors (Lipinski definition) is 1. The highest BCUT2D eigenvalue weighted by molar-refractivity contribution is 7.89. The zero-order valence-corrected chi connectivity index (χ0v) is 11.1. The van der Waals surface area contributed by atoms with Crippen molar-refractivity contribution in [2.45, 2.75) is 25.4 Å². The van der Waals surface area contributed by atoms with Crippen LogP contribution in [-0.2, 0) is 10.0 Å². The van der Waals surface area contributed by atoms with Crippen LogP contribution in [0.15, 0.2) is 0 Å². The van der Waals surface area contributed by atoms with E-state index < -0.39 is 28.4 Å². The summed E-state index contributed by atoms with van der Waals surface area (Å²) in [6.45, 7) is 1.56. The van der Waals surface area contributed by atoms with Crippen molar-refractivity contribution in [1.82, 2.24) is 9.62 Å². The van der Waals surface area contributed by atoms with E-state index in [1.165, 1.54) is 4.31 Å². The molecule has 18 heavy (non-hydrogen) atoms. The average Bonchev–Trinajstić information content (AvgIpc) is 2.65. The molecule has 0 aromatic heterocycles. The zero-order chi connectivity index (χ0) is 13.8. The summed E-state index contributed by atoms with van der Waals surface area (Å²) in [5.74, 6) is -0.161. The summed E-state index contributed by atoms with van der Waals surface area (Å²) in [6.07, 6.45) is -4.92. The van der Waals surface area contributed by atoms with Gasteiger partial charge in [-0.3, -0.25) is 0 Å². The fourth-order valence-electron chi connectivity index (χ4n) is 2.09. The Morgan fingerprint density at radius 3 is 2.61 bits per heavy atom. The summed E-state index contributed by atoms with van der Waals surface area (Å²) < 4.78 is 60.8. The lowest BCUT2D eigenvalue weighted by molar-refractivity contribution is -0.134. The monoisotopic (exact) mass is 288 g/mol. The van der Waals surface area contributed by atoms with Crippen LogP contribution < -0.4 is 5.32 Å². The Hall–Kier alpha value is -0.340. The molecule has 1 atom stereocenters. The van der Waals surface area contributed by atoms with Crippen molar-refractivity contribution in [2.75, 3.05) is 32.4 Å². The Bertz CT molecular complexity index is 357. The molecule has 4 nitrogen and oxygen atoms in total. The standard InChI is InChI=1S/C10H19F3N2O2S/c1-14-7-9-3-5-15(8-9)18(16,17)6-2-4-10(11,12)13/h9,14H,2-8H2,1H3/t9-/m0/s1. The van der Waals surface area contributed by atoms with Crippen LogP contribution in [0.4, 0.5) is 13.2 Å². The van der Waals surface area contributed by atoms with E-state index in [-0.39, 0.29) is 12.3 Å². The molecule has 0 amide bonds. The molecule has 0 aromatic rings. The maximum atomic E-state index is 12.0. The number of nitrogens with one attached hydrogen (secondary N) is 1. The topological polar surface area (TPSA) is 49.4 Å². The van der Waals surface area contributed by atoms with Gasteiger partial charge in [0.1, 0.15) is 0 Å². The predicted molar refractivity (Wildman–Crippen MR) is 62.7 cm³/mol. The summed E-state index contributed by atoms with van der Waals surface area (Å²) >= 11 is 0. The molecule has 1 N–H and O–H groups in total. The molecule has 108 valence electrons. The second-order valence-corrected chi connectivity index (χ2v) is 6.69. The van der Waals surface area contributed by atoms with E-state index in [0.29, 0.717) is 13.1 Å².